The smallest absolute Gasteiger partial charge is 0.342 e. The summed E-state index contributed by atoms with van der Waals surface area (Å²) in [7, 11) is 2.08. The molecule has 8 heteroatoms. The highest BCUT2D eigenvalue weighted by Gasteiger charge is 2.27. The Kier molecular flexibility index (Phi) is 4.97. The molecule has 0 atom stereocenters. The monoisotopic (exact) mass is 453 g/mol. The fraction of sp³-hybridized carbons (Fsp3) is 0.217. The van der Waals surface area contributed by atoms with E-state index in [0.717, 1.165) is 37.4 Å². The Hall–Kier alpha value is -2.87. The molecule has 1 aliphatic rings. The van der Waals surface area contributed by atoms with Crippen molar-refractivity contribution >= 4 is 50.3 Å². The minimum absolute atomic E-state index is 0.202. The number of anilines is 1. The third kappa shape index (κ3) is 3.20. The van der Waals surface area contributed by atoms with Gasteiger partial charge in [-0.05, 0) is 18.7 Å². The first kappa shape index (κ1) is 20.1. The maximum Gasteiger partial charge on any atom is 0.342 e. The van der Waals surface area contributed by atoms with Gasteiger partial charge in [0.2, 0.25) is 5.43 Å². The molecule has 4 aromatic rings. The van der Waals surface area contributed by atoms with Crippen molar-refractivity contribution in [1.82, 2.24) is 9.30 Å². The Morgan fingerprint density at radius 2 is 1.84 bits per heavy atom. The van der Waals surface area contributed by atoms with Crippen LogP contribution in [-0.2, 0) is 0 Å². The molecule has 158 valence electrons. The first-order chi connectivity index (χ1) is 15.0. The van der Waals surface area contributed by atoms with Gasteiger partial charge in [0.05, 0.1) is 21.6 Å². The highest BCUT2D eigenvalue weighted by Crippen LogP contribution is 2.42. The van der Waals surface area contributed by atoms with Crippen LogP contribution in [-0.4, -0.2) is 53.6 Å². The molecule has 0 aliphatic carbocycles. The van der Waals surface area contributed by atoms with Gasteiger partial charge < -0.3 is 19.3 Å². The third-order valence-corrected chi connectivity index (χ3v) is 7.03. The fourth-order valence-electron chi connectivity index (χ4n) is 4.33. The number of hydrogen-bond donors (Lipinski definition) is 1. The van der Waals surface area contributed by atoms with Crippen LogP contribution in [0.25, 0.3) is 26.9 Å². The highest BCUT2D eigenvalue weighted by molar-refractivity contribution is 7.16. The van der Waals surface area contributed by atoms with Crippen LogP contribution < -0.4 is 10.3 Å². The zero-order chi connectivity index (χ0) is 21.7. The van der Waals surface area contributed by atoms with Crippen molar-refractivity contribution in [1.29, 1.82) is 0 Å². The van der Waals surface area contributed by atoms with Gasteiger partial charge in [0.1, 0.15) is 10.4 Å². The van der Waals surface area contributed by atoms with E-state index in [-0.39, 0.29) is 5.56 Å². The number of rotatable bonds is 3. The van der Waals surface area contributed by atoms with E-state index in [1.165, 1.54) is 11.3 Å². The van der Waals surface area contributed by atoms with Gasteiger partial charge in [-0.2, -0.15) is 0 Å². The summed E-state index contributed by atoms with van der Waals surface area (Å²) in [5.74, 6) is -1.22. The van der Waals surface area contributed by atoms with Crippen LogP contribution in [0.3, 0.4) is 0 Å². The first-order valence-electron chi connectivity index (χ1n) is 9.97. The van der Waals surface area contributed by atoms with Crippen molar-refractivity contribution in [2.75, 3.05) is 38.1 Å². The number of pyridine rings is 1. The Morgan fingerprint density at radius 3 is 2.52 bits per heavy atom. The molecule has 1 fully saturated rings. The molecule has 0 saturated carbocycles. The molecular formula is C23H20ClN3O3S. The van der Waals surface area contributed by atoms with Crippen molar-refractivity contribution in [2.24, 2.45) is 0 Å². The number of carboxylic acids is 1. The number of carbonyl (C=O) groups is 1. The molecule has 2 aromatic carbocycles. The number of halogens is 1. The van der Waals surface area contributed by atoms with E-state index >= 15 is 0 Å². The van der Waals surface area contributed by atoms with Crippen LogP contribution in [0.15, 0.2) is 52.8 Å². The lowest BCUT2D eigenvalue weighted by Gasteiger charge is -2.36. The number of aromatic carboxylic acids is 1. The summed E-state index contributed by atoms with van der Waals surface area (Å²) in [6, 6.07) is 11.4. The Balaban J connectivity index is 1.95. The van der Waals surface area contributed by atoms with Gasteiger partial charge >= 0.3 is 5.97 Å². The number of piperazine rings is 1. The molecule has 0 spiro atoms. The van der Waals surface area contributed by atoms with Crippen molar-refractivity contribution in [3.63, 3.8) is 0 Å². The summed E-state index contributed by atoms with van der Waals surface area (Å²) >= 11 is 8.10. The summed E-state index contributed by atoms with van der Waals surface area (Å²) in [4.78, 5) is 30.5. The highest BCUT2D eigenvalue weighted by atomic mass is 35.5. The summed E-state index contributed by atoms with van der Waals surface area (Å²) in [5.41, 5.74) is 2.26. The van der Waals surface area contributed by atoms with Gasteiger partial charge in [-0.1, -0.05) is 41.9 Å². The number of thiazole rings is 1. The lowest BCUT2D eigenvalue weighted by molar-refractivity contribution is 0.0697. The van der Waals surface area contributed by atoms with Crippen LogP contribution in [0.4, 0.5) is 5.69 Å². The van der Waals surface area contributed by atoms with E-state index in [4.69, 9.17) is 11.6 Å². The van der Waals surface area contributed by atoms with E-state index < -0.39 is 11.4 Å². The topological polar surface area (TPSA) is 65.3 Å². The SMILES string of the molecule is CN1CCN(c2c(Cl)cc3c(c2-c2ccccc2)c(=O)c(C(=O)O)c2sccn23)CC1. The third-order valence-electron chi connectivity index (χ3n) is 5.86. The predicted molar refractivity (Wildman–Crippen MR) is 126 cm³/mol. The van der Waals surface area contributed by atoms with Crippen LogP contribution in [0.2, 0.25) is 5.02 Å². The van der Waals surface area contributed by atoms with Gasteiger partial charge in [0.25, 0.3) is 0 Å². The van der Waals surface area contributed by atoms with Crippen LogP contribution in [0.1, 0.15) is 10.4 Å². The maximum absolute atomic E-state index is 13.6. The number of fused-ring (bicyclic) bond motifs is 3. The van der Waals surface area contributed by atoms with Gasteiger partial charge in [0, 0.05) is 43.3 Å². The Morgan fingerprint density at radius 1 is 1.13 bits per heavy atom. The van der Waals surface area contributed by atoms with Gasteiger partial charge in [-0.3, -0.25) is 4.79 Å². The molecule has 0 bridgehead atoms. The molecule has 1 aliphatic heterocycles. The average Bonchev–Trinajstić information content (AvgIpc) is 3.24. The van der Waals surface area contributed by atoms with Crippen molar-refractivity contribution < 1.29 is 9.90 Å². The lowest BCUT2D eigenvalue weighted by Crippen LogP contribution is -2.44. The maximum atomic E-state index is 13.6. The normalized spacial score (nSPS) is 15.1. The fourth-order valence-corrected chi connectivity index (χ4v) is 5.53. The largest absolute Gasteiger partial charge is 0.477 e. The van der Waals surface area contributed by atoms with Crippen LogP contribution in [0, 0.1) is 0 Å². The van der Waals surface area contributed by atoms with E-state index in [1.54, 1.807) is 22.0 Å². The quantitative estimate of drug-likeness (QED) is 0.501. The van der Waals surface area contributed by atoms with Gasteiger partial charge in [-0.15, -0.1) is 11.3 Å². The van der Waals surface area contributed by atoms with Gasteiger partial charge in [-0.25, -0.2) is 4.79 Å². The predicted octanol–water partition coefficient (Wildman–Crippen LogP) is 4.28. The standard InChI is InChI=1S/C23H20ClN3O3S/c1-25-7-9-26(10-8-25)20-15(24)13-16-18(17(20)14-5-3-2-4-6-14)21(28)19(23(29)30)22-27(16)11-12-31-22/h2-6,11-13H,7-10H2,1H3,(H,29,30). The van der Waals surface area contributed by atoms with Crippen molar-refractivity contribution in [3.8, 4) is 11.1 Å². The molecule has 6 nitrogen and oxygen atoms in total. The number of benzene rings is 2. The molecule has 0 radical (unpaired) electrons. The Labute approximate surface area is 187 Å². The lowest BCUT2D eigenvalue weighted by atomic mass is 9.95. The first-order valence-corrected chi connectivity index (χ1v) is 11.2. The van der Waals surface area contributed by atoms with Crippen molar-refractivity contribution in [2.45, 2.75) is 0 Å². The molecule has 5 rings (SSSR count). The van der Waals surface area contributed by atoms with E-state index in [9.17, 15) is 14.7 Å². The second kappa shape index (κ2) is 7.67. The van der Waals surface area contributed by atoms with Crippen molar-refractivity contribution in [3.05, 3.63) is 68.8 Å². The molecule has 31 heavy (non-hydrogen) atoms. The second-order valence-corrected chi connectivity index (χ2v) is 9.02. The zero-order valence-corrected chi connectivity index (χ0v) is 18.4. The van der Waals surface area contributed by atoms with E-state index in [2.05, 4.69) is 16.8 Å². The van der Waals surface area contributed by atoms with Crippen LogP contribution in [0.5, 0.6) is 0 Å². The summed E-state index contributed by atoms with van der Waals surface area (Å²) < 4.78 is 1.76. The zero-order valence-electron chi connectivity index (χ0n) is 16.8. The summed E-state index contributed by atoms with van der Waals surface area (Å²) in [6.45, 7) is 3.31. The van der Waals surface area contributed by atoms with E-state index in [1.807, 2.05) is 30.3 Å². The number of carboxylic acid groups (broad SMARTS) is 1. The summed E-state index contributed by atoms with van der Waals surface area (Å²) in [6.07, 6.45) is 1.79. The summed E-state index contributed by atoms with van der Waals surface area (Å²) in [5, 5.41) is 12.6. The molecule has 0 unspecified atom stereocenters. The molecule has 1 N–H and O–H groups in total. The number of hydrogen-bond acceptors (Lipinski definition) is 5. The number of aromatic nitrogens is 1. The molecule has 0 amide bonds. The number of nitrogens with zero attached hydrogens (tertiary/aromatic N) is 3. The minimum Gasteiger partial charge on any atom is -0.477 e. The molecule has 3 heterocycles. The van der Waals surface area contributed by atoms with Crippen LogP contribution >= 0.6 is 22.9 Å². The molecular weight excluding hydrogens is 434 g/mol. The van der Waals surface area contributed by atoms with E-state index in [0.29, 0.717) is 26.3 Å². The molecule has 2 aromatic heterocycles. The average molecular weight is 454 g/mol. The minimum atomic E-state index is -1.22. The number of likely N-dealkylation sites (N-methyl/N-ethyl adjacent to an activating group) is 1. The van der Waals surface area contributed by atoms with Gasteiger partial charge in [0.15, 0.2) is 0 Å². The molecule has 1 saturated heterocycles. The Bertz CT molecular complexity index is 1370. The second-order valence-electron chi connectivity index (χ2n) is 7.72.